The monoisotopic (exact) mass is 517 g/mol. The van der Waals surface area contributed by atoms with E-state index in [9.17, 15) is 23.2 Å². The van der Waals surface area contributed by atoms with Crippen LogP contribution < -0.4 is 21.3 Å². The largest absolute Gasteiger partial charge is 0.491 e. The number of nitrogens with one attached hydrogen (secondary N) is 3. The van der Waals surface area contributed by atoms with Crippen molar-refractivity contribution in [2.24, 2.45) is 0 Å². The second-order valence-corrected chi connectivity index (χ2v) is 8.49. The van der Waals surface area contributed by atoms with Crippen LogP contribution >= 0.6 is 0 Å². The molecule has 0 unspecified atom stereocenters. The van der Waals surface area contributed by atoms with E-state index < -0.39 is 29.1 Å². The van der Waals surface area contributed by atoms with E-state index in [-0.39, 0.29) is 24.5 Å². The van der Waals surface area contributed by atoms with Crippen LogP contribution in [-0.2, 0) is 6.54 Å². The van der Waals surface area contributed by atoms with Gasteiger partial charge < -0.3 is 24.6 Å². The molecule has 1 atom stereocenters. The van der Waals surface area contributed by atoms with Gasteiger partial charge in [0.1, 0.15) is 12.4 Å². The van der Waals surface area contributed by atoms with Gasteiger partial charge in [0.05, 0.1) is 23.6 Å². The van der Waals surface area contributed by atoms with E-state index in [4.69, 9.17) is 4.74 Å². The molecule has 0 radical (unpaired) electrons. The number of H-pyrrole nitrogens is 2. The number of hydrogen-bond donors (Lipinski definition) is 3. The summed E-state index contributed by atoms with van der Waals surface area (Å²) in [5.41, 5.74) is 0.895. The second kappa shape index (κ2) is 10.5. The van der Waals surface area contributed by atoms with Crippen molar-refractivity contribution in [3.8, 4) is 5.75 Å². The highest BCUT2D eigenvalue weighted by Crippen LogP contribution is 2.20. The zero-order chi connectivity index (χ0) is 26.6. The highest BCUT2D eigenvalue weighted by molar-refractivity contribution is 5.92. The molecule has 0 saturated carbocycles. The number of carbonyl (C=O) groups is 1. The topological polar surface area (TPSA) is 122 Å². The predicted octanol–water partition coefficient (Wildman–Crippen LogP) is 3.29. The smallest absolute Gasteiger partial charge is 0.323 e. The Morgan fingerprint density at radius 2 is 1.76 bits per heavy atom. The number of aromatic amines is 2. The van der Waals surface area contributed by atoms with E-state index in [1.54, 1.807) is 42.5 Å². The lowest BCUT2D eigenvalue weighted by molar-refractivity contribution is 0.0913. The minimum absolute atomic E-state index is 0.0196. The molecular weight excluding hydrogens is 496 g/mol. The molecule has 0 aliphatic rings. The van der Waals surface area contributed by atoms with Gasteiger partial charge in [-0.1, -0.05) is 36.4 Å². The number of nitrogens with zero attached hydrogens (tertiary/aromatic N) is 2. The fourth-order valence-electron chi connectivity index (χ4n) is 3.98. The Morgan fingerprint density at radius 3 is 2.55 bits per heavy atom. The molecule has 0 saturated heterocycles. The summed E-state index contributed by atoms with van der Waals surface area (Å²) in [6, 6.07) is 16.8. The molecule has 5 aromatic rings. The summed E-state index contributed by atoms with van der Waals surface area (Å²) in [7, 11) is 0. The second-order valence-electron chi connectivity index (χ2n) is 8.49. The van der Waals surface area contributed by atoms with Crippen LogP contribution in [0.3, 0.4) is 0 Å². The molecule has 1 amide bonds. The average Bonchev–Trinajstić information content (AvgIpc) is 3.29. The maximum atomic E-state index is 13.6. The first-order valence-corrected chi connectivity index (χ1v) is 11.6. The summed E-state index contributed by atoms with van der Waals surface area (Å²) in [6.07, 6.45) is 2.65. The fraction of sp³-hybridized carbons (Fsp3) is 0.111. The van der Waals surface area contributed by atoms with Crippen molar-refractivity contribution >= 4 is 16.9 Å². The molecule has 0 aliphatic carbocycles. The summed E-state index contributed by atoms with van der Waals surface area (Å²) in [5.74, 6) is -2.28. The number of carbonyl (C=O) groups excluding carboxylic acids is 1. The third kappa shape index (κ3) is 5.36. The Bertz CT molecular complexity index is 1730. The number of aromatic nitrogens is 4. The van der Waals surface area contributed by atoms with Gasteiger partial charge in [-0.3, -0.25) is 9.59 Å². The van der Waals surface area contributed by atoms with Crippen molar-refractivity contribution in [1.29, 1.82) is 0 Å². The maximum Gasteiger partial charge on any atom is 0.323 e. The van der Waals surface area contributed by atoms with E-state index in [1.165, 1.54) is 23.0 Å². The molecule has 0 spiro atoms. The van der Waals surface area contributed by atoms with Crippen molar-refractivity contribution in [2.45, 2.75) is 12.6 Å². The summed E-state index contributed by atoms with van der Waals surface area (Å²) < 4.78 is 34.0. The van der Waals surface area contributed by atoms with Crippen molar-refractivity contribution in [3.05, 3.63) is 128 Å². The molecule has 2 heterocycles. The number of halogens is 2. The Morgan fingerprint density at radius 1 is 0.974 bits per heavy atom. The Hall–Kier alpha value is -5.06. The minimum Gasteiger partial charge on any atom is -0.491 e. The molecule has 11 heteroatoms. The Balaban J connectivity index is 1.36. The molecule has 5 rings (SSSR count). The van der Waals surface area contributed by atoms with Crippen LogP contribution in [0, 0.1) is 11.6 Å². The Labute approximate surface area is 213 Å². The number of amides is 1. The number of benzene rings is 3. The van der Waals surface area contributed by atoms with Crippen molar-refractivity contribution in [3.63, 3.8) is 0 Å². The standard InChI is InChI=1S/C27H21F2N5O4/c28-19-8-6-16(12-20(19)29)14-34-11-10-30-24(26(34)36)25(35)31-23(17-4-2-1-3-5-17)15-38-18-7-9-21-22(13-18)33-27(37)32-21/h1-13,23H,14-15H2,(H,31,35)(H2,32,33,37)/t23-/m0/s1. The van der Waals surface area contributed by atoms with Gasteiger partial charge in [0.2, 0.25) is 0 Å². The van der Waals surface area contributed by atoms with Gasteiger partial charge >= 0.3 is 5.69 Å². The number of ether oxygens (including phenoxy) is 1. The van der Waals surface area contributed by atoms with Crippen LogP contribution in [0.15, 0.2) is 88.7 Å². The SMILES string of the molecule is O=C(N[C@@H](COc1ccc2[nH]c(=O)[nH]c2c1)c1ccccc1)c1nccn(Cc2ccc(F)c(F)c2)c1=O. The fourth-order valence-corrected chi connectivity index (χ4v) is 3.98. The average molecular weight is 517 g/mol. The summed E-state index contributed by atoms with van der Waals surface area (Å²) in [5, 5.41) is 2.80. The van der Waals surface area contributed by atoms with E-state index in [2.05, 4.69) is 20.3 Å². The highest BCUT2D eigenvalue weighted by Gasteiger charge is 2.21. The van der Waals surface area contributed by atoms with Gasteiger partial charge in [-0.2, -0.15) is 0 Å². The summed E-state index contributed by atoms with van der Waals surface area (Å²) >= 11 is 0. The lowest BCUT2D eigenvalue weighted by atomic mass is 10.1. The lowest BCUT2D eigenvalue weighted by Gasteiger charge is -2.20. The molecule has 2 aromatic heterocycles. The van der Waals surface area contributed by atoms with E-state index >= 15 is 0 Å². The van der Waals surface area contributed by atoms with Crippen molar-refractivity contribution in [2.75, 3.05) is 6.61 Å². The van der Waals surface area contributed by atoms with Crippen LogP contribution in [0.25, 0.3) is 11.0 Å². The molecule has 0 bridgehead atoms. The minimum atomic E-state index is -1.03. The molecule has 9 nitrogen and oxygen atoms in total. The molecule has 3 N–H and O–H groups in total. The molecule has 0 fully saturated rings. The number of hydrogen-bond acceptors (Lipinski definition) is 5. The molecular formula is C27H21F2N5O4. The van der Waals surface area contributed by atoms with Crippen LogP contribution in [0.2, 0.25) is 0 Å². The van der Waals surface area contributed by atoms with E-state index in [0.717, 1.165) is 17.7 Å². The lowest BCUT2D eigenvalue weighted by Crippen LogP contribution is -2.38. The van der Waals surface area contributed by atoms with Crippen LogP contribution in [0.1, 0.15) is 27.7 Å². The van der Waals surface area contributed by atoms with Crippen LogP contribution in [0.5, 0.6) is 5.75 Å². The third-order valence-corrected chi connectivity index (χ3v) is 5.88. The van der Waals surface area contributed by atoms with Crippen molar-refractivity contribution < 1.29 is 18.3 Å². The molecule has 38 heavy (non-hydrogen) atoms. The molecule has 0 aliphatic heterocycles. The Kier molecular flexibility index (Phi) is 6.81. The zero-order valence-electron chi connectivity index (χ0n) is 19.8. The van der Waals surface area contributed by atoms with Gasteiger partial charge in [0, 0.05) is 18.5 Å². The van der Waals surface area contributed by atoms with E-state index in [0.29, 0.717) is 22.3 Å². The number of imidazole rings is 1. The maximum absolute atomic E-state index is 13.6. The quantitative estimate of drug-likeness (QED) is 0.292. The zero-order valence-corrected chi connectivity index (χ0v) is 19.8. The predicted molar refractivity (Wildman–Crippen MR) is 135 cm³/mol. The van der Waals surface area contributed by atoms with Gasteiger partial charge in [-0.15, -0.1) is 0 Å². The first kappa shape index (κ1) is 24.6. The van der Waals surface area contributed by atoms with Crippen LogP contribution in [-0.4, -0.2) is 32.0 Å². The van der Waals surface area contributed by atoms with E-state index in [1.807, 2.05) is 6.07 Å². The molecule has 192 valence electrons. The number of rotatable bonds is 8. The summed E-state index contributed by atoms with van der Waals surface area (Å²) in [6.45, 7) is -0.0560. The third-order valence-electron chi connectivity index (χ3n) is 5.88. The number of fused-ring (bicyclic) bond motifs is 1. The normalized spacial score (nSPS) is 11.8. The molecule has 3 aromatic carbocycles. The first-order chi connectivity index (χ1) is 18.4. The van der Waals surface area contributed by atoms with Crippen molar-refractivity contribution in [1.82, 2.24) is 24.8 Å². The highest BCUT2D eigenvalue weighted by atomic mass is 19.2. The van der Waals surface area contributed by atoms with Gasteiger partial charge in [0.25, 0.3) is 11.5 Å². The van der Waals surface area contributed by atoms with Gasteiger partial charge in [0.15, 0.2) is 17.3 Å². The van der Waals surface area contributed by atoms with Gasteiger partial charge in [-0.25, -0.2) is 18.6 Å². The summed E-state index contributed by atoms with van der Waals surface area (Å²) in [4.78, 5) is 46.9. The van der Waals surface area contributed by atoms with Crippen LogP contribution in [0.4, 0.5) is 8.78 Å². The first-order valence-electron chi connectivity index (χ1n) is 11.6. The van der Waals surface area contributed by atoms with Gasteiger partial charge in [-0.05, 0) is 35.4 Å².